The monoisotopic (exact) mass is 414 g/mol. The molecule has 1 aromatic carbocycles. The zero-order valence-electron chi connectivity index (χ0n) is 14.0. The smallest absolute Gasteiger partial charge is 0.256 e. The summed E-state index contributed by atoms with van der Waals surface area (Å²) in [5.74, 6) is 0.761. The number of aromatic nitrogens is 4. The fraction of sp³-hybridized carbons (Fsp3) is 0.176. The van der Waals surface area contributed by atoms with Gasteiger partial charge in [-0.3, -0.25) is 4.79 Å². The number of carbonyl (C=O) groups is 1. The van der Waals surface area contributed by atoms with Gasteiger partial charge in [0.1, 0.15) is 11.8 Å². The van der Waals surface area contributed by atoms with Gasteiger partial charge in [-0.05, 0) is 64.0 Å². The highest BCUT2D eigenvalue weighted by molar-refractivity contribution is 9.10. The molecule has 1 unspecified atom stereocenters. The summed E-state index contributed by atoms with van der Waals surface area (Å²) in [5.41, 5.74) is 2.87. The van der Waals surface area contributed by atoms with E-state index in [4.69, 9.17) is 4.42 Å². The minimum atomic E-state index is -0.573. The Kier molecular flexibility index (Phi) is 4.08. The van der Waals surface area contributed by atoms with Gasteiger partial charge < -0.3 is 15.1 Å². The summed E-state index contributed by atoms with van der Waals surface area (Å²) in [6.45, 7) is 3.76. The lowest BCUT2D eigenvalue weighted by Gasteiger charge is -2.26. The molecule has 0 saturated carbocycles. The zero-order valence-corrected chi connectivity index (χ0v) is 15.6. The average Bonchev–Trinajstić information content (AvgIpc) is 3.24. The van der Waals surface area contributed by atoms with E-state index in [1.165, 1.54) is 4.68 Å². The third-order valence-electron chi connectivity index (χ3n) is 4.22. The quantitative estimate of drug-likeness (QED) is 0.682. The van der Waals surface area contributed by atoms with Gasteiger partial charge in [-0.25, -0.2) is 0 Å². The van der Waals surface area contributed by atoms with E-state index >= 15 is 0 Å². The number of hydrogen-bond donors (Lipinski definition) is 2. The van der Waals surface area contributed by atoms with Crippen molar-refractivity contribution in [1.29, 1.82) is 0 Å². The molecule has 3 aromatic rings. The number of hydrogen-bond acceptors (Lipinski definition) is 6. The van der Waals surface area contributed by atoms with Crippen molar-refractivity contribution in [2.45, 2.75) is 19.9 Å². The van der Waals surface area contributed by atoms with Gasteiger partial charge in [-0.15, -0.1) is 0 Å². The first kappa shape index (κ1) is 16.5. The van der Waals surface area contributed by atoms with Crippen molar-refractivity contribution in [3.05, 3.63) is 63.7 Å². The first-order valence-corrected chi connectivity index (χ1v) is 8.72. The van der Waals surface area contributed by atoms with Gasteiger partial charge >= 0.3 is 0 Å². The van der Waals surface area contributed by atoms with Crippen LogP contribution in [-0.2, 0) is 4.79 Å². The molecule has 0 radical (unpaired) electrons. The highest BCUT2D eigenvalue weighted by atomic mass is 79.9. The third-order valence-corrected chi connectivity index (χ3v) is 4.64. The summed E-state index contributed by atoms with van der Waals surface area (Å²) in [7, 11) is 0. The van der Waals surface area contributed by atoms with E-state index < -0.39 is 6.04 Å². The van der Waals surface area contributed by atoms with Gasteiger partial charge in [-0.2, -0.15) is 4.68 Å². The number of rotatable bonds is 3. The summed E-state index contributed by atoms with van der Waals surface area (Å²) in [6.07, 6.45) is 0. The molecule has 0 saturated heterocycles. The summed E-state index contributed by atoms with van der Waals surface area (Å²) in [4.78, 5) is 13.1. The molecular weight excluding hydrogens is 400 g/mol. The van der Waals surface area contributed by atoms with Crippen LogP contribution in [0.5, 0.6) is 0 Å². The van der Waals surface area contributed by atoms with Crippen LogP contribution in [0.4, 0.5) is 11.6 Å². The topological polar surface area (TPSA) is 97.9 Å². The summed E-state index contributed by atoms with van der Waals surface area (Å²) in [6, 6.07) is 10.6. The molecule has 26 heavy (non-hydrogen) atoms. The maximum absolute atomic E-state index is 13.1. The molecule has 2 N–H and O–H groups in total. The predicted molar refractivity (Wildman–Crippen MR) is 98.5 cm³/mol. The fourth-order valence-corrected chi connectivity index (χ4v) is 3.27. The van der Waals surface area contributed by atoms with Crippen LogP contribution in [-0.4, -0.2) is 26.1 Å². The van der Waals surface area contributed by atoms with Crippen molar-refractivity contribution in [2.24, 2.45) is 0 Å². The maximum Gasteiger partial charge on any atom is 0.256 e. The number of furan rings is 1. The molecule has 1 amide bonds. The number of tetrazole rings is 1. The molecule has 1 atom stereocenters. The Morgan fingerprint density at radius 1 is 1.27 bits per heavy atom. The van der Waals surface area contributed by atoms with Gasteiger partial charge in [0.05, 0.1) is 5.57 Å². The molecule has 8 nitrogen and oxygen atoms in total. The molecule has 1 aliphatic heterocycles. The fourth-order valence-electron chi connectivity index (χ4n) is 2.95. The van der Waals surface area contributed by atoms with Crippen LogP contribution in [0.2, 0.25) is 0 Å². The van der Waals surface area contributed by atoms with Gasteiger partial charge in [-0.1, -0.05) is 23.3 Å². The van der Waals surface area contributed by atoms with E-state index in [1.54, 1.807) is 12.1 Å². The molecule has 0 spiro atoms. The number of para-hydroxylation sites is 1. The lowest BCUT2D eigenvalue weighted by Crippen LogP contribution is -2.31. The minimum Gasteiger partial charge on any atom is -0.452 e. The van der Waals surface area contributed by atoms with E-state index in [0.717, 1.165) is 11.3 Å². The number of nitrogens with zero attached hydrogens (tertiary/aromatic N) is 4. The molecule has 2 aromatic heterocycles. The molecule has 3 heterocycles. The number of benzene rings is 1. The molecule has 1 aliphatic rings. The number of allylic oxidation sites excluding steroid dienone is 1. The number of fused-ring (bicyclic) bond motifs is 1. The van der Waals surface area contributed by atoms with Crippen molar-refractivity contribution in [3.63, 3.8) is 0 Å². The van der Waals surface area contributed by atoms with Crippen molar-refractivity contribution in [3.8, 4) is 0 Å². The first-order chi connectivity index (χ1) is 12.5. The van der Waals surface area contributed by atoms with E-state index in [-0.39, 0.29) is 5.91 Å². The van der Waals surface area contributed by atoms with Crippen LogP contribution in [0.15, 0.2) is 56.8 Å². The molecule has 0 aliphatic carbocycles. The molecule has 0 fully saturated rings. The largest absolute Gasteiger partial charge is 0.452 e. The second-order valence-corrected chi connectivity index (χ2v) is 6.71. The maximum atomic E-state index is 13.1. The highest BCUT2D eigenvalue weighted by Crippen LogP contribution is 2.36. The van der Waals surface area contributed by atoms with Crippen molar-refractivity contribution in [1.82, 2.24) is 20.2 Å². The Morgan fingerprint density at radius 3 is 2.81 bits per heavy atom. The second kappa shape index (κ2) is 6.41. The second-order valence-electron chi connectivity index (χ2n) is 5.92. The van der Waals surface area contributed by atoms with Crippen LogP contribution in [0.3, 0.4) is 0 Å². The zero-order chi connectivity index (χ0) is 18.3. The summed E-state index contributed by atoms with van der Waals surface area (Å²) >= 11 is 3.31. The average molecular weight is 415 g/mol. The van der Waals surface area contributed by atoms with Crippen molar-refractivity contribution in [2.75, 3.05) is 10.6 Å². The highest BCUT2D eigenvalue weighted by Gasteiger charge is 2.36. The summed E-state index contributed by atoms with van der Waals surface area (Å²) in [5, 5.41) is 17.7. The Hall–Kier alpha value is -2.94. The number of halogens is 1. The van der Waals surface area contributed by atoms with E-state index in [9.17, 15) is 4.79 Å². The van der Waals surface area contributed by atoms with E-state index in [2.05, 4.69) is 42.1 Å². The SMILES string of the molecule is CC1=C(C(=O)Nc2ccccc2C)C(c2ccc(Br)o2)n2nnnc2N1. The Morgan fingerprint density at radius 2 is 2.08 bits per heavy atom. The van der Waals surface area contributed by atoms with E-state index in [0.29, 0.717) is 27.6 Å². The third kappa shape index (κ3) is 2.80. The Bertz CT molecular complexity index is 1020. The van der Waals surface area contributed by atoms with Crippen LogP contribution in [0.25, 0.3) is 0 Å². The number of aryl methyl sites for hydroxylation is 1. The lowest BCUT2D eigenvalue weighted by molar-refractivity contribution is -0.113. The normalized spacial score (nSPS) is 16.2. The van der Waals surface area contributed by atoms with Crippen LogP contribution < -0.4 is 10.6 Å². The van der Waals surface area contributed by atoms with Crippen LogP contribution in [0.1, 0.15) is 24.3 Å². The molecule has 0 bridgehead atoms. The van der Waals surface area contributed by atoms with Gasteiger partial charge in [0.2, 0.25) is 5.95 Å². The lowest BCUT2D eigenvalue weighted by atomic mass is 10.00. The molecule has 9 heteroatoms. The number of nitrogens with one attached hydrogen (secondary N) is 2. The van der Waals surface area contributed by atoms with Crippen molar-refractivity contribution >= 4 is 33.5 Å². The Labute approximate surface area is 157 Å². The molecule has 4 rings (SSSR count). The predicted octanol–water partition coefficient (Wildman–Crippen LogP) is 3.26. The standard InChI is InChI=1S/C17H15BrN6O2/c1-9-5-3-4-6-11(9)20-16(25)14-10(2)19-17-21-22-23-24(17)15(14)12-7-8-13(18)26-12/h3-8,15H,1-2H3,(H,20,25)(H,19,21,23). The first-order valence-electron chi connectivity index (χ1n) is 7.92. The number of anilines is 2. The van der Waals surface area contributed by atoms with Gasteiger partial charge in [0.25, 0.3) is 5.91 Å². The summed E-state index contributed by atoms with van der Waals surface area (Å²) < 4.78 is 7.81. The van der Waals surface area contributed by atoms with Gasteiger partial charge in [0, 0.05) is 11.4 Å². The Balaban J connectivity index is 1.77. The number of amides is 1. The molecular formula is C17H15BrN6O2. The van der Waals surface area contributed by atoms with E-state index in [1.807, 2.05) is 38.1 Å². The van der Waals surface area contributed by atoms with Crippen molar-refractivity contribution < 1.29 is 9.21 Å². The minimum absolute atomic E-state index is 0.247. The van der Waals surface area contributed by atoms with Crippen LogP contribution in [0, 0.1) is 6.92 Å². The van der Waals surface area contributed by atoms with Crippen LogP contribution >= 0.6 is 15.9 Å². The molecule has 132 valence electrons. The van der Waals surface area contributed by atoms with Gasteiger partial charge in [0.15, 0.2) is 4.67 Å². The number of carbonyl (C=O) groups excluding carboxylic acids is 1.